The summed E-state index contributed by atoms with van der Waals surface area (Å²) in [6, 6.07) is 0. The van der Waals surface area contributed by atoms with Crippen molar-refractivity contribution in [2.45, 2.75) is 341 Å². The van der Waals surface area contributed by atoms with Gasteiger partial charge in [0.15, 0.2) is 6.10 Å². The molecule has 460 valence electrons. The number of esters is 3. The van der Waals surface area contributed by atoms with Gasteiger partial charge in [-0.3, -0.25) is 14.4 Å². The second-order valence-corrected chi connectivity index (χ2v) is 22.7. The molecule has 0 fully saturated rings. The van der Waals surface area contributed by atoms with Crippen molar-refractivity contribution in [2.75, 3.05) is 13.2 Å². The van der Waals surface area contributed by atoms with E-state index in [9.17, 15) is 14.4 Å². The van der Waals surface area contributed by atoms with Crippen LogP contribution in [-0.4, -0.2) is 37.2 Å². The molecule has 0 aliphatic rings. The highest BCUT2D eigenvalue weighted by Gasteiger charge is 2.19. The van der Waals surface area contributed by atoms with Crippen LogP contribution in [0.3, 0.4) is 0 Å². The van der Waals surface area contributed by atoms with E-state index >= 15 is 0 Å². The van der Waals surface area contributed by atoms with Gasteiger partial charge in [0, 0.05) is 19.3 Å². The van der Waals surface area contributed by atoms with Crippen molar-refractivity contribution < 1.29 is 28.6 Å². The fourth-order valence-electron chi connectivity index (χ4n) is 9.71. The van der Waals surface area contributed by atoms with Crippen molar-refractivity contribution in [1.82, 2.24) is 0 Å². The lowest BCUT2D eigenvalue weighted by atomic mass is 10.0. The van der Waals surface area contributed by atoms with Gasteiger partial charge in [-0.15, -0.1) is 0 Å². The third-order valence-corrected chi connectivity index (χ3v) is 14.8. The Morgan fingerprint density at radius 1 is 0.263 bits per heavy atom. The second-order valence-electron chi connectivity index (χ2n) is 22.7. The van der Waals surface area contributed by atoms with Crippen molar-refractivity contribution in [3.05, 3.63) is 97.2 Å². The molecule has 0 rings (SSSR count). The van der Waals surface area contributed by atoms with Crippen LogP contribution in [0.2, 0.25) is 0 Å². The maximum atomic E-state index is 12.9. The molecule has 6 nitrogen and oxygen atoms in total. The molecule has 0 heterocycles. The van der Waals surface area contributed by atoms with Crippen molar-refractivity contribution in [3.63, 3.8) is 0 Å². The second kappa shape index (κ2) is 67.8. The lowest BCUT2D eigenvalue weighted by molar-refractivity contribution is -0.167. The topological polar surface area (TPSA) is 78.9 Å². The van der Waals surface area contributed by atoms with Gasteiger partial charge in [0.1, 0.15) is 13.2 Å². The highest BCUT2D eigenvalue weighted by atomic mass is 16.6. The molecule has 0 spiro atoms. The van der Waals surface area contributed by atoms with Gasteiger partial charge < -0.3 is 14.2 Å². The van der Waals surface area contributed by atoms with Crippen LogP contribution in [0.25, 0.3) is 0 Å². The zero-order valence-corrected chi connectivity index (χ0v) is 52.8. The highest BCUT2D eigenvalue weighted by Crippen LogP contribution is 2.17. The number of hydrogen-bond acceptors (Lipinski definition) is 6. The SMILES string of the molecule is CC/C=C\C/C=C\C/C=C\C/C=C\C/C=C\C/C=C\C/C=C\CCCCCCCCCCCC(=O)OCC(COC(=O)CCCCCCCCCC)OC(=O)CCCCCCCCCCCCC/C=C\CCCCCCCCCC. The summed E-state index contributed by atoms with van der Waals surface area (Å²) in [5.41, 5.74) is 0. The Kier molecular flexibility index (Phi) is 64.7. The molecule has 0 N–H and O–H groups in total. The van der Waals surface area contributed by atoms with Crippen molar-refractivity contribution >= 4 is 17.9 Å². The van der Waals surface area contributed by atoms with Crippen LogP contribution in [0.4, 0.5) is 0 Å². The standard InChI is InChI=1S/C74H128O6/c1-4-7-10-13-16-19-21-23-25-27-29-31-33-34-35-36-37-38-39-40-42-43-45-47-49-51-53-55-58-61-64-67-73(76)79-70-71(69-78-72(75)66-63-60-57-18-15-12-9-6-3)80-74(77)68-65-62-59-56-54-52-50-48-46-44-41-32-30-28-26-24-22-20-17-14-11-8-5-2/h7,10,16,19,23,25,28-31,34-35,37-38,40,42,71H,4-6,8-9,11-15,17-18,20-22,24,26-27,32-33,36,39,41,43-70H2,1-3H3/b10-7-,19-16-,25-23-,30-28-,31-29-,35-34-,38-37-,42-40-. The first-order valence-electron chi connectivity index (χ1n) is 34.2. The Balaban J connectivity index is 4.16. The van der Waals surface area contributed by atoms with Crippen molar-refractivity contribution in [2.24, 2.45) is 0 Å². The molecule has 0 saturated carbocycles. The number of rotatable bonds is 62. The number of allylic oxidation sites excluding steroid dienone is 16. The van der Waals surface area contributed by atoms with Gasteiger partial charge in [0.25, 0.3) is 0 Å². The average molecular weight is 1110 g/mol. The fourth-order valence-corrected chi connectivity index (χ4v) is 9.71. The average Bonchev–Trinajstić information content (AvgIpc) is 3.46. The number of ether oxygens (including phenoxy) is 3. The van der Waals surface area contributed by atoms with E-state index in [1.807, 2.05) is 0 Å². The van der Waals surface area contributed by atoms with E-state index in [2.05, 4.69) is 118 Å². The van der Waals surface area contributed by atoms with E-state index in [1.165, 1.54) is 186 Å². The van der Waals surface area contributed by atoms with Gasteiger partial charge in [0.2, 0.25) is 0 Å². The summed E-state index contributed by atoms with van der Waals surface area (Å²) in [5.74, 6) is -0.875. The zero-order chi connectivity index (χ0) is 57.8. The molecule has 1 atom stereocenters. The third-order valence-electron chi connectivity index (χ3n) is 14.8. The molecule has 0 aliphatic carbocycles. The van der Waals surface area contributed by atoms with Crippen LogP contribution in [0.1, 0.15) is 335 Å². The maximum Gasteiger partial charge on any atom is 0.306 e. The first kappa shape index (κ1) is 76.3. The van der Waals surface area contributed by atoms with E-state index in [-0.39, 0.29) is 31.1 Å². The lowest BCUT2D eigenvalue weighted by Gasteiger charge is -2.18. The first-order valence-corrected chi connectivity index (χ1v) is 34.2. The predicted octanol–water partition coefficient (Wildman–Crippen LogP) is 23.6. The van der Waals surface area contributed by atoms with Crippen LogP contribution in [-0.2, 0) is 28.6 Å². The lowest BCUT2D eigenvalue weighted by Crippen LogP contribution is -2.30. The predicted molar refractivity (Wildman–Crippen MR) is 348 cm³/mol. The molecule has 80 heavy (non-hydrogen) atoms. The Hall–Kier alpha value is -3.67. The largest absolute Gasteiger partial charge is 0.462 e. The molecule has 0 saturated heterocycles. The molecule has 0 aromatic rings. The van der Waals surface area contributed by atoms with E-state index in [0.717, 1.165) is 109 Å². The Labute approximate surface area is 496 Å². The number of carbonyl (C=O) groups is 3. The molecule has 0 radical (unpaired) electrons. The van der Waals surface area contributed by atoms with Crippen molar-refractivity contribution in [3.8, 4) is 0 Å². The molecule has 6 heteroatoms. The van der Waals surface area contributed by atoms with Crippen LogP contribution >= 0.6 is 0 Å². The van der Waals surface area contributed by atoms with Gasteiger partial charge in [0.05, 0.1) is 0 Å². The normalized spacial score (nSPS) is 12.7. The summed E-state index contributed by atoms with van der Waals surface area (Å²) in [7, 11) is 0. The minimum Gasteiger partial charge on any atom is -0.462 e. The summed E-state index contributed by atoms with van der Waals surface area (Å²) in [6.45, 7) is 6.52. The molecular formula is C74H128O6. The molecule has 0 bridgehead atoms. The minimum absolute atomic E-state index is 0.0763. The maximum absolute atomic E-state index is 12.9. The third kappa shape index (κ3) is 65.1. The zero-order valence-electron chi connectivity index (χ0n) is 52.8. The van der Waals surface area contributed by atoms with Gasteiger partial charge in [-0.05, 0) is 103 Å². The highest BCUT2D eigenvalue weighted by molar-refractivity contribution is 5.71. The van der Waals surface area contributed by atoms with Gasteiger partial charge in [-0.1, -0.05) is 311 Å². The smallest absolute Gasteiger partial charge is 0.306 e. The van der Waals surface area contributed by atoms with Gasteiger partial charge in [-0.25, -0.2) is 0 Å². The van der Waals surface area contributed by atoms with Crippen LogP contribution in [0, 0.1) is 0 Å². The monoisotopic (exact) mass is 1110 g/mol. The molecular weight excluding hydrogens is 985 g/mol. The first-order chi connectivity index (χ1) is 39.5. The Morgan fingerprint density at radius 2 is 0.487 bits per heavy atom. The number of unbranched alkanes of at least 4 members (excludes halogenated alkanes) is 35. The fraction of sp³-hybridized carbons (Fsp3) is 0.743. The van der Waals surface area contributed by atoms with Gasteiger partial charge >= 0.3 is 17.9 Å². The minimum atomic E-state index is -0.778. The van der Waals surface area contributed by atoms with Crippen LogP contribution < -0.4 is 0 Å². The quantitative estimate of drug-likeness (QED) is 0.0261. The summed E-state index contributed by atoms with van der Waals surface area (Å²) >= 11 is 0. The van der Waals surface area contributed by atoms with E-state index < -0.39 is 6.10 Å². The summed E-state index contributed by atoms with van der Waals surface area (Å²) < 4.78 is 16.9. The van der Waals surface area contributed by atoms with Crippen molar-refractivity contribution in [1.29, 1.82) is 0 Å². The molecule has 0 amide bonds. The summed E-state index contributed by atoms with van der Waals surface area (Å²) in [5, 5.41) is 0. The molecule has 0 aromatic carbocycles. The van der Waals surface area contributed by atoms with E-state index in [4.69, 9.17) is 14.2 Å². The van der Waals surface area contributed by atoms with E-state index in [1.54, 1.807) is 0 Å². The van der Waals surface area contributed by atoms with E-state index in [0.29, 0.717) is 19.3 Å². The Bertz CT molecular complexity index is 1560. The molecule has 0 aromatic heterocycles. The number of carbonyl (C=O) groups excluding carboxylic acids is 3. The van der Waals surface area contributed by atoms with Crippen LogP contribution in [0.5, 0.6) is 0 Å². The van der Waals surface area contributed by atoms with Gasteiger partial charge in [-0.2, -0.15) is 0 Å². The molecule has 1 unspecified atom stereocenters. The Morgan fingerprint density at radius 3 is 0.775 bits per heavy atom. The molecule has 0 aliphatic heterocycles. The van der Waals surface area contributed by atoms with Crippen LogP contribution in [0.15, 0.2) is 97.2 Å². The number of hydrogen-bond donors (Lipinski definition) is 0. The summed E-state index contributed by atoms with van der Waals surface area (Å²) in [4.78, 5) is 38.2. The summed E-state index contributed by atoms with van der Waals surface area (Å²) in [6.07, 6.45) is 91.6.